The number of nitrogens with zero attached hydrogens (tertiary/aromatic N) is 2. The maximum Gasteiger partial charge on any atom is 0.277 e. The van der Waals surface area contributed by atoms with Gasteiger partial charge in [-0.25, -0.2) is 0 Å². The summed E-state index contributed by atoms with van der Waals surface area (Å²) in [6, 6.07) is 16.2. The molecule has 126 valence electrons. The topological polar surface area (TPSA) is 85.1 Å². The van der Waals surface area contributed by atoms with E-state index in [-0.39, 0.29) is 17.4 Å². The summed E-state index contributed by atoms with van der Waals surface area (Å²) < 4.78 is 5.56. The molecule has 1 amide bonds. The highest BCUT2D eigenvalue weighted by molar-refractivity contribution is 7.99. The van der Waals surface area contributed by atoms with Crippen molar-refractivity contribution in [2.75, 3.05) is 11.1 Å². The average molecular weight is 353 g/mol. The van der Waals surface area contributed by atoms with Gasteiger partial charge in [0.1, 0.15) is 0 Å². The molecule has 0 spiro atoms. The Balaban J connectivity index is 1.59. The van der Waals surface area contributed by atoms with E-state index in [1.807, 2.05) is 30.3 Å². The van der Waals surface area contributed by atoms with E-state index in [0.717, 1.165) is 5.56 Å². The smallest absolute Gasteiger partial charge is 0.277 e. The average Bonchev–Trinajstić information content (AvgIpc) is 3.10. The van der Waals surface area contributed by atoms with Gasteiger partial charge in [-0.15, -0.1) is 10.2 Å². The normalized spacial score (nSPS) is 10.4. The van der Waals surface area contributed by atoms with Crippen LogP contribution in [0.4, 0.5) is 5.69 Å². The molecule has 1 N–H and O–H groups in total. The highest BCUT2D eigenvalue weighted by Gasteiger charge is 2.12. The van der Waals surface area contributed by atoms with Crippen molar-refractivity contribution in [1.82, 2.24) is 10.2 Å². The van der Waals surface area contributed by atoms with E-state index in [0.29, 0.717) is 22.4 Å². The third kappa shape index (κ3) is 4.54. The number of carbonyl (C=O) groups is 2. The van der Waals surface area contributed by atoms with Crippen molar-refractivity contribution in [3.8, 4) is 11.5 Å². The number of aromatic nitrogens is 2. The Morgan fingerprint density at radius 1 is 1.04 bits per heavy atom. The van der Waals surface area contributed by atoms with Gasteiger partial charge in [0.25, 0.3) is 5.22 Å². The van der Waals surface area contributed by atoms with Gasteiger partial charge in [-0.2, -0.15) is 0 Å². The van der Waals surface area contributed by atoms with Crippen LogP contribution in [0.25, 0.3) is 11.5 Å². The number of ketones is 1. The molecule has 0 saturated carbocycles. The van der Waals surface area contributed by atoms with Gasteiger partial charge in [0.15, 0.2) is 5.78 Å². The molecule has 25 heavy (non-hydrogen) atoms. The summed E-state index contributed by atoms with van der Waals surface area (Å²) in [5.41, 5.74) is 2.05. The second-order valence-corrected chi connectivity index (χ2v) is 6.14. The third-order valence-corrected chi connectivity index (χ3v) is 4.10. The molecule has 6 nitrogen and oxygen atoms in total. The van der Waals surface area contributed by atoms with Gasteiger partial charge in [-0.3, -0.25) is 9.59 Å². The number of amides is 1. The Morgan fingerprint density at radius 3 is 2.44 bits per heavy atom. The first-order valence-electron chi connectivity index (χ1n) is 7.54. The van der Waals surface area contributed by atoms with E-state index in [1.165, 1.54) is 18.7 Å². The number of nitrogens with one attached hydrogen (secondary N) is 1. The summed E-state index contributed by atoms with van der Waals surface area (Å²) in [6.07, 6.45) is 0. The molecule has 0 radical (unpaired) electrons. The Kier molecular flexibility index (Phi) is 5.25. The van der Waals surface area contributed by atoms with Crippen molar-refractivity contribution in [3.05, 3.63) is 60.2 Å². The number of Topliss-reactive ketones (excluding diaryl/α,β-unsaturated/α-hetero) is 1. The first-order chi connectivity index (χ1) is 12.1. The Labute approximate surface area is 148 Å². The van der Waals surface area contributed by atoms with Crippen molar-refractivity contribution < 1.29 is 14.0 Å². The summed E-state index contributed by atoms with van der Waals surface area (Å²) in [7, 11) is 0. The van der Waals surface area contributed by atoms with Gasteiger partial charge in [0, 0.05) is 23.7 Å². The summed E-state index contributed by atoms with van der Waals surface area (Å²) in [5.74, 6) is 0.407. The maximum absolute atomic E-state index is 12.2. The Bertz CT molecular complexity index is 876. The van der Waals surface area contributed by atoms with Crippen LogP contribution in [-0.4, -0.2) is 27.6 Å². The van der Waals surface area contributed by atoms with Crippen LogP contribution in [0.2, 0.25) is 0 Å². The summed E-state index contributed by atoms with van der Waals surface area (Å²) in [4.78, 5) is 23.2. The zero-order chi connectivity index (χ0) is 17.6. The van der Waals surface area contributed by atoms with Crippen molar-refractivity contribution in [1.29, 1.82) is 0 Å². The van der Waals surface area contributed by atoms with Gasteiger partial charge in [0.2, 0.25) is 11.8 Å². The SMILES string of the molecule is CC(=O)Nc1ccc(C(=O)CSc2nnc(-c3ccccc3)o2)cc1. The van der Waals surface area contributed by atoms with Crippen LogP contribution < -0.4 is 5.32 Å². The van der Waals surface area contributed by atoms with E-state index in [9.17, 15) is 9.59 Å². The van der Waals surface area contributed by atoms with Crippen LogP contribution in [-0.2, 0) is 4.79 Å². The number of hydrogen-bond acceptors (Lipinski definition) is 6. The van der Waals surface area contributed by atoms with Crippen LogP contribution in [0.3, 0.4) is 0 Å². The van der Waals surface area contributed by atoms with Crippen molar-refractivity contribution in [3.63, 3.8) is 0 Å². The van der Waals surface area contributed by atoms with E-state index >= 15 is 0 Å². The van der Waals surface area contributed by atoms with Crippen LogP contribution in [0.15, 0.2) is 64.2 Å². The highest BCUT2D eigenvalue weighted by atomic mass is 32.2. The quantitative estimate of drug-likeness (QED) is 0.537. The molecular weight excluding hydrogens is 338 g/mol. The van der Waals surface area contributed by atoms with Gasteiger partial charge >= 0.3 is 0 Å². The summed E-state index contributed by atoms with van der Waals surface area (Å²) >= 11 is 1.19. The zero-order valence-electron chi connectivity index (χ0n) is 13.4. The highest BCUT2D eigenvalue weighted by Crippen LogP contribution is 2.23. The van der Waals surface area contributed by atoms with Crippen molar-refractivity contribution in [2.24, 2.45) is 0 Å². The lowest BCUT2D eigenvalue weighted by Crippen LogP contribution is -2.07. The first-order valence-corrected chi connectivity index (χ1v) is 8.53. The monoisotopic (exact) mass is 353 g/mol. The Hall–Kier alpha value is -2.93. The van der Waals surface area contributed by atoms with Crippen LogP contribution in [0.5, 0.6) is 0 Å². The molecule has 3 rings (SSSR count). The van der Waals surface area contributed by atoms with Crippen molar-refractivity contribution >= 4 is 29.1 Å². The van der Waals surface area contributed by atoms with Gasteiger partial charge in [-0.1, -0.05) is 30.0 Å². The first kappa shape index (κ1) is 16.9. The number of rotatable bonds is 6. The second-order valence-electron chi connectivity index (χ2n) is 5.21. The largest absolute Gasteiger partial charge is 0.411 e. The molecule has 2 aromatic carbocycles. The van der Waals surface area contributed by atoms with E-state index in [1.54, 1.807) is 24.3 Å². The van der Waals surface area contributed by atoms with E-state index in [2.05, 4.69) is 15.5 Å². The molecule has 3 aromatic rings. The van der Waals surface area contributed by atoms with E-state index < -0.39 is 0 Å². The lowest BCUT2D eigenvalue weighted by molar-refractivity contribution is -0.114. The fourth-order valence-electron chi connectivity index (χ4n) is 2.12. The molecule has 0 unspecified atom stereocenters. The fraction of sp³-hybridized carbons (Fsp3) is 0.111. The number of anilines is 1. The molecule has 0 fully saturated rings. The lowest BCUT2D eigenvalue weighted by Gasteiger charge is -2.03. The number of benzene rings is 2. The molecule has 0 atom stereocenters. The van der Waals surface area contributed by atoms with Gasteiger partial charge < -0.3 is 9.73 Å². The molecular formula is C18H15N3O3S. The molecule has 0 bridgehead atoms. The molecule has 0 aliphatic heterocycles. The number of carbonyl (C=O) groups excluding carboxylic acids is 2. The summed E-state index contributed by atoms with van der Waals surface area (Å²) in [5, 5.41) is 10.9. The standard InChI is InChI=1S/C18H15N3O3S/c1-12(22)19-15-9-7-13(8-10-15)16(23)11-25-18-21-20-17(24-18)14-5-3-2-4-6-14/h2-10H,11H2,1H3,(H,19,22). The van der Waals surface area contributed by atoms with E-state index in [4.69, 9.17) is 4.42 Å². The minimum Gasteiger partial charge on any atom is -0.411 e. The minimum atomic E-state index is -0.153. The molecule has 0 aliphatic carbocycles. The number of thioether (sulfide) groups is 1. The molecule has 7 heteroatoms. The third-order valence-electron chi connectivity index (χ3n) is 3.28. The molecule has 0 saturated heterocycles. The predicted octanol–water partition coefficient (Wildman–Crippen LogP) is 3.67. The number of hydrogen-bond donors (Lipinski definition) is 1. The molecule has 1 aromatic heterocycles. The molecule has 1 heterocycles. The minimum absolute atomic E-state index is 0.0566. The van der Waals surface area contributed by atoms with Crippen LogP contribution >= 0.6 is 11.8 Å². The fourth-order valence-corrected chi connectivity index (χ4v) is 2.78. The second kappa shape index (κ2) is 7.76. The van der Waals surface area contributed by atoms with Crippen LogP contribution in [0, 0.1) is 0 Å². The van der Waals surface area contributed by atoms with Gasteiger partial charge in [0.05, 0.1) is 5.75 Å². The predicted molar refractivity (Wildman–Crippen MR) is 95.5 cm³/mol. The van der Waals surface area contributed by atoms with Crippen LogP contribution in [0.1, 0.15) is 17.3 Å². The van der Waals surface area contributed by atoms with Crippen molar-refractivity contribution in [2.45, 2.75) is 12.1 Å². The molecule has 0 aliphatic rings. The summed E-state index contributed by atoms with van der Waals surface area (Å²) in [6.45, 7) is 1.43. The lowest BCUT2D eigenvalue weighted by atomic mass is 10.1. The van der Waals surface area contributed by atoms with Gasteiger partial charge in [-0.05, 0) is 36.4 Å². The maximum atomic E-state index is 12.2. The zero-order valence-corrected chi connectivity index (χ0v) is 14.2. The Morgan fingerprint density at radius 2 is 1.76 bits per heavy atom.